The molecule has 0 spiro atoms. The third kappa shape index (κ3) is 3.48. The van der Waals surface area contributed by atoms with E-state index in [0.717, 1.165) is 10.0 Å². The normalized spacial score (nSPS) is 11.2. The van der Waals surface area contributed by atoms with E-state index in [1.165, 1.54) is 15.6 Å². The third-order valence-corrected chi connectivity index (χ3v) is 5.33. The van der Waals surface area contributed by atoms with Crippen molar-refractivity contribution in [1.82, 2.24) is 34.7 Å². The fourth-order valence-corrected chi connectivity index (χ4v) is 3.53. The number of halogens is 1. The highest BCUT2D eigenvalue weighted by atomic mass is 79.9. The van der Waals surface area contributed by atoms with E-state index in [0.29, 0.717) is 22.9 Å². The first-order valence-corrected chi connectivity index (χ1v) is 9.96. The van der Waals surface area contributed by atoms with Crippen LogP contribution < -0.4 is 10.3 Å². The molecule has 0 saturated heterocycles. The molecule has 154 valence electrons. The Bertz CT molecular complexity index is 1440. The molecule has 0 amide bonds. The molecule has 0 N–H and O–H groups in total. The van der Waals surface area contributed by atoms with Crippen molar-refractivity contribution in [2.45, 2.75) is 6.54 Å². The SMILES string of the molecule is COc1ccc(-n2nnc3c(=O)n(Cc4nc(-c5ccccc5Br)no4)cnc32)cc1. The Balaban J connectivity index is 1.46. The van der Waals surface area contributed by atoms with Crippen LogP contribution in [-0.4, -0.2) is 41.8 Å². The molecule has 10 nitrogen and oxygen atoms in total. The van der Waals surface area contributed by atoms with Crippen molar-refractivity contribution in [3.63, 3.8) is 0 Å². The molecule has 0 radical (unpaired) electrons. The fraction of sp³-hybridized carbons (Fsp3) is 0.100. The van der Waals surface area contributed by atoms with E-state index in [9.17, 15) is 4.79 Å². The number of hydrogen-bond acceptors (Lipinski definition) is 8. The molecule has 11 heteroatoms. The minimum absolute atomic E-state index is 0.0641. The number of benzene rings is 2. The van der Waals surface area contributed by atoms with Crippen molar-refractivity contribution < 1.29 is 9.26 Å². The highest BCUT2D eigenvalue weighted by molar-refractivity contribution is 9.10. The molecule has 0 unspecified atom stereocenters. The van der Waals surface area contributed by atoms with E-state index in [1.54, 1.807) is 19.2 Å². The van der Waals surface area contributed by atoms with Gasteiger partial charge in [-0.3, -0.25) is 9.36 Å². The molecule has 5 rings (SSSR count). The van der Waals surface area contributed by atoms with E-state index in [1.807, 2.05) is 36.4 Å². The molecule has 31 heavy (non-hydrogen) atoms. The van der Waals surface area contributed by atoms with Crippen molar-refractivity contribution >= 4 is 27.1 Å². The van der Waals surface area contributed by atoms with Gasteiger partial charge in [0.1, 0.15) is 18.6 Å². The van der Waals surface area contributed by atoms with Gasteiger partial charge >= 0.3 is 0 Å². The molecular formula is C20H14BrN7O3. The average molecular weight is 480 g/mol. The van der Waals surface area contributed by atoms with E-state index in [2.05, 4.69) is 41.4 Å². The zero-order valence-corrected chi connectivity index (χ0v) is 17.7. The Hall–Kier alpha value is -3.86. The maximum Gasteiger partial charge on any atom is 0.284 e. The molecule has 3 heterocycles. The summed E-state index contributed by atoms with van der Waals surface area (Å²) in [4.78, 5) is 21.6. The Morgan fingerprint density at radius 2 is 1.94 bits per heavy atom. The Morgan fingerprint density at radius 1 is 1.13 bits per heavy atom. The number of methoxy groups -OCH3 is 1. The number of rotatable bonds is 5. The summed E-state index contributed by atoms with van der Waals surface area (Å²) in [6, 6.07) is 14.7. The molecule has 0 fully saturated rings. The number of hydrogen-bond donors (Lipinski definition) is 0. The molecule has 0 bridgehead atoms. The number of nitrogens with zero attached hydrogens (tertiary/aromatic N) is 7. The second-order valence-corrected chi connectivity index (χ2v) is 7.40. The van der Waals surface area contributed by atoms with Crippen LogP contribution in [0.4, 0.5) is 0 Å². The van der Waals surface area contributed by atoms with Crippen molar-refractivity contribution in [1.29, 1.82) is 0 Å². The van der Waals surface area contributed by atoms with Gasteiger partial charge in [-0.05, 0) is 36.4 Å². The van der Waals surface area contributed by atoms with Crippen LogP contribution in [0.15, 0.2) is 68.6 Å². The number of fused-ring (bicyclic) bond motifs is 1. The Morgan fingerprint density at radius 3 is 2.71 bits per heavy atom. The lowest BCUT2D eigenvalue weighted by molar-refractivity contribution is 0.369. The standard InChI is InChI=1S/C20H14BrN7O3/c1-30-13-8-6-12(7-9-13)28-19-17(24-26-28)20(29)27(11-22-19)10-16-23-18(25-31-16)14-4-2-3-5-15(14)21/h2-9,11H,10H2,1H3. The minimum atomic E-state index is -0.356. The van der Waals surface area contributed by atoms with E-state index >= 15 is 0 Å². The zero-order valence-electron chi connectivity index (χ0n) is 16.1. The van der Waals surface area contributed by atoms with Crippen molar-refractivity contribution in [3.05, 3.63) is 75.6 Å². The molecule has 2 aromatic carbocycles. The van der Waals surface area contributed by atoms with Crippen LogP contribution in [0.5, 0.6) is 5.75 Å². The van der Waals surface area contributed by atoms with Crippen LogP contribution in [0, 0.1) is 0 Å². The van der Waals surface area contributed by atoms with Gasteiger partial charge in [-0.15, -0.1) is 5.10 Å². The van der Waals surface area contributed by atoms with Gasteiger partial charge in [0.05, 0.1) is 12.8 Å². The minimum Gasteiger partial charge on any atom is -0.497 e. The molecule has 0 aliphatic heterocycles. The first kappa shape index (κ1) is 19.1. The number of aromatic nitrogens is 7. The predicted octanol–water partition coefficient (Wildman–Crippen LogP) is 2.85. The molecule has 0 aliphatic rings. The lowest BCUT2D eigenvalue weighted by atomic mass is 10.2. The topological polar surface area (TPSA) is 114 Å². The van der Waals surface area contributed by atoms with Crippen molar-refractivity contribution in [3.8, 4) is 22.8 Å². The lowest BCUT2D eigenvalue weighted by Gasteiger charge is -2.04. The van der Waals surface area contributed by atoms with Gasteiger partial charge in [0.15, 0.2) is 11.2 Å². The second kappa shape index (κ2) is 7.76. The van der Waals surface area contributed by atoms with Gasteiger partial charge in [0.2, 0.25) is 11.7 Å². The first-order chi connectivity index (χ1) is 15.1. The van der Waals surface area contributed by atoms with Crippen LogP contribution in [0.1, 0.15) is 5.89 Å². The van der Waals surface area contributed by atoms with Gasteiger partial charge in [0, 0.05) is 10.0 Å². The lowest BCUT2D eigenvalue weighted by Crippen LogP contribution is -2.21. The maximum absolute atomic E-state index is 12.9. The largest absolute Gasteiger partial charge is 0.497 e. The van der Waals surface area contributed by atoms with Gasteiger partial charge in [-0.1, -0.05) is 38.4 Å². The molecule has 3 aromatic heterocycles. The summed E-state index contributed by atoms with van der Waals surface area (Å²) in [6.07, 6.45) is 1.41. The molecular weight excluding hydrogens is 466 g/mol. The highest BCUT2D eigenvalue weighted by Gasteiger charge is 2.16. The quantitative estimate of drug-likeness (QED) is 0.378. The van der Waals surface area contributed by atoms with E-state index in [-0.39, 0.29) is 23.5 Å². The maximum atomic E-state index is 12.9. The summed E-state index contributed by atoms with van der Waals surface area (Å²) < 4.78 is 14.2. The van der Waals surface area contributed by atoms with Gasteiger partial charge in [-0.2, -0.15) is 9.67 Å². The summed E-state index contributed by atoms with van der Waals surface area (Å²) in [6.45, 7) is 0.0641. The molecule has 0 atom stereocenters. The van der Waals surface area contributed by atoms with Crippen LogP contribution in [-0.2, 0) is 6.54 Å². The van der Waals surface area contributed by atoms with Crippen molar-refractivity contribution in [2.75, 3.05) is 7.11 Å². The van der Waals surface area contributed by atoms with Crippen LogP contribution in [0.25, 0.3) is 28.2 Å². The smallest absolute Gasteiger partial charge is 0.284 e. The number of ether oxygens (including phenoxy) is 1. The van der Waals surface area contributed by atoms with Gasteiger partial charge in [0.25, 0.3) is 5.56 Å². The first-order valence-electron chi connectivity index (χ1n) is 9.17. The van der Waals surface area contributed by atoms with E-state index < -0.39 is 0 Å². The zero-order chi connectivity index (χ0) is 21.4. The predicted molar refractivity (Wildman–Crippen MR) is 114 cm³/mol. The monoisotopic (exact) mass is 479 g/mol. The summed E-state index contributed by atoms with van der Waals surface area (Å²) in [5.74, 6) is 1.41. The average Bonchev–Trinajstić information content (AvgIpc) is 3.44. The molecule has 5 aromatic rings. The third-order valence-electron chi connectivity index (χ3n) is 4.63. The highest BCUT2D eigenvalue weighted by Crippen LogP contribution is 2.25. The summed E-state index contributed by atoms with van der Waals surface area (Å²) in [5, 5.41) is 12.1. The summed E-state index contributed by atoms with van der Waals surface area (Å²) in [7, 11) is 1.59. The fourth-order valence-electron chi connectivity index (χ4n) is 3.07. The van der Waals surface area contributed by atoms with Crippen LogP contribution in [0.2, 0.25) is 0 Å². The van der Waals surface area contributed by atoms with Crippen LogP contribution >= 0.6 is 15.9 Å². The van der Waals surface area contributed by atoms with E-state index in [4.69, 9.17) is 9.26 Å². The van der Waals surface area contributed by atoms with Gasteiger partial charge < -0.3 is 9.26 Å². The Labute approximate surface area is 183 Å². The Kier molecular flexibility index (Phi) is 4.79. The molecule has 0 aliphatic carbocycles. The summed E-state index contributed by atoms with van der Waals surface area (Å²) >= 11 is 3.47. The second-order valence-electron chi connectivity index (χ2n) is 6.54. The van der Waals surface area contributed by atoms with Crippen LogP contribution in [0.3, 0.4) is 0 Å². The molecule has 0 saturated carbocycles. The summed E-state index contributed by atoms with van der Waals surface area (Å²) in [5.41, 5.74) is 1.64. The van der Waals surface area contributed by atoms with Gasteiger partial charge in [-0.25, -0.2) is 4.98 Å². The van der Waals surface area contributed by atoms with Crippen molar-refractivity contribution in [2.24, 2.45) is 0 Å².